The van der Waals surface area contributed by atoms with Crippen LogP contribution in [0.5, 0.6) is 11.5 Å². The van der Waals surface area contributed by atoms with Crippen molar-refractivity contribution >= 4 is 23.5 Å². The van der Waals surface area contributed by atoms with Gasteiger partial charge in [0.05, 0.1) is 25.8 Å². The molecular weight excluding hydrogens is 426 g/mol. The Morgan fingerprint density at radius 1 is 0.969 bits per heavy atom. The molecule has 0 fully saturated rings. The minimum Gasteiger partial charge on any atom is -0.493 e. The maximum Gasteiger partial charge on any atom is 0.338 e. The van der Waals surface area contributed by atoms with Crippen molar-refractivity contribution in [1.29, 1.82) is 0 Å². The van der Waals surface area contributed by atoms with Gasteiger partial charge in [0.2, 0.25) is 5.91 Å². The average Bonchev–Trinajstić information content (AvgIpc) is 2.78. The zero-order valence-corrected chi connectivity index (χ0v) is 17.7. The minimum absolute atomic E-state index is 0.0330. The topological polar surface area (TPSA) is 103 Å². The number of ether oxygens (including phenoxy) is 3. The molecule has 0 spiro atoms. The van der Waals surface area contributed by atoms with Crippen LogP contribution in [0.4, 0.5) is 14.5 Å². The van der Waals surface area contributed by atoms with Gasteiger partial charge in [0.15, 0.2) is 29.7 Å². The molecule has 2 rings (SSSR count). The zero-order chi connectivity index (χ0) is 23.5. The molecule has 0 unspecified atom stereocenters. The van der Waals surface area contributed by atoms with Crippen LogP contribution in [0.25, 0.3) is 0 Å². The second kappa shape index (κ2) is 12.2. The number of anilines is 1. The van der Waals surface area contributed by atoms with Gasteiger partial charge in [-0.3, -0.25) is 9.59 Å². The highest BCUT2D eigenvalue weighted by Crippen LogP contribution is 2.28. The van der Waals surface area contributed by atoms with Gasteiger partial charge in [-0.15, -0.1) is 0 Å². The summed E-state index contributed by atoms with van der Waals surface area (Å²) in [4.78, 5) is 35.8. The maximum absolute atomic E-state index is 13.1. The Balaban J connectivity index is 1.79. The number of rotatable bonds is 11. The van der Waals surface area contributed by atoms with Crippen molar-refractivity contribution in [2.24, 2.45) is 0 Å². The SMILES string of the molecule is CCCCOc1ccc(C(=O)OCC(=O)NCC(=O)Nc2ccc(F)c(F)c2)cc1OC. The number of amides is 2. The number of unbranched alkanes of at least 4 members (excludes halogenated alkanes) is 1. The lowest BCUT2D eigenvalue weighted by molar-refractivity contribution is -0.126. The van der Waals surface area contributed by atoms with Crippen LogP contribution in [0, 0.1) is 11.6 Å². The molecule has 0 heterocycles. The molecule has 8 nitrogen and oxygen atoms in total. The number of hydrogen-bond donors (Lipinski definition) is 2. The highest BCUT2D eigenvalue weighted by atomic mass is 19.2. The van der Waals surface area contributed by atoms with Crippen molar-refractivity contribution in [1.82, 2.24) is 5.32 Å². The predicted molar refractivity (Wildman–Crippen MR) is 112 cm³/mol. The minimum atomic E-state index is -1.11. The van der Waals surface area contributed by atoms with Crippen LogP contribution in [0.2, 0.25) is 0 Å². The van der Waals surface area contributed by atoms with Crippen LogP contribution in [0.1, 0.15) is 30.1 Å². The molecule has 0 saturated carbocycles. The van der Waals surface area contributed by atoms with Crippen molar-refractivity contribution in [3.05, 3.63) is 53.6 Å². The number of carbonyl (C=O) groups excluding carboxylic acids is 3. The first kappa shape index (κ1) is 24.6. The first-order valence-electron chi connectivity index (χ1n) is 9.83. The van der Waals surface area contributed by atoms with E-state index in [1.165, 1.54) is 25.3 Å². The highest BCUT2D eigenvalue weighted by Gasteiger charge is 2.15. The van der Waals surface area contributed by atoms with E-state index in [-0.39, 0.29) is 11.3 Å². The fraction of sp³-hybridized carbons (Fsp3) is 0.318. The molecule has 32 heavy (non-hydrogen) atoms. The molecule has 2 aromatic rings. The Kier molecular flexibility index (Phi) is 9.40. The number of methoxy groups -OCH3 is 1. The van der Waals surface area contributed by atoms with E-state index in [4.69, 9.17) is 14.2 Å². The second-order valence-corrected chi connectivity index (χ2v) is 6.60. The maximum atomic E-state index is 13.1. The normalized spacial score (nSPS) is 10.2. The Hall–Kier alpha value is -3.69. The Bertz CT molecular complexity index is 967. The first-order valence-corrected chi connectivity index (χ1v) is 9.83. The van der Waals surface area contributed by atoms with Gasteiger partial charge < -0.3 is 24.8 Å². The molecule has 0 aliphatic rings. The standard InChI is InChI=1S/C22H24F2N2O6/c1-3-4-9-31-18-8-5-14(10-19(18)30-2)22(29)32-13-21(28)25-12-20(27)26-15-6-7-16(23)17(24)11-15/h5-8,10-11H,3-4,9,12-13H2,1-2H3,(H,25,28)(H,26,27). The van der Waals surface area contributed by atoms with Crippen LogP contribution in [-0.2, 0) is 14.3 Å². The molecule has 0 radical (unpaired) electrons. The van der Waals surface area contributed by atoms with Gasteiger partial charge in [0.1, 0.15) is 0 Å². The van der Waals surface area contributed by atoms with Crippen LogP contribution in [0.15, 0.2) is 36.4 Å². The van der Waals surface area contributed by atoms with E-state index < -0.39 is 42.6 Å². The largest absolute Gasteiger partial charge is 0.493 e. The van der Waals surface area contributed by atoms with Gasteiger partial charge in [-0.25, -0.2) is 13.6 Å². The van der Waals surface area contributed by atoms with E-state index in [2.05, 4.69) is 10.6 Å². The smallest absolute Gasteiger partial charge is 0.338 e. The van der Waals surface area contributed by atoms with Gasteiger partial charge in [0.25, 0.3) is 5.91 Å². The third-order valence-corrected chi connectivity index (χ3v) is 4.14. The lowest BCUT2D eigenvalue weighted by Gasteiger charge is -2.12. The molecule has 10 heteroatoms. The van der Waals surface area contributed by atoms with Gasteiger partial charge in [-0.2, -0.15) is 0 Å². The summed E-state index contributed by atoms with van der Waals surface area (Å²) in [7, 11) is 1.44. The molecule has 0 atom stereocenters. The van der Waals surface area contributed by atoms with Crippen LogP contribution < -0.4 is 20.1 Å². The quantitative estimate of drug-likeness (QED) is 0.403. The second-order valence-electron chi connectivity index (χ2n) is 6.60. The first-order chi connectivity index (χ1) is 15.3. The summed E-state index contributed by atoms with van der Waals surface area (Å²) in [6.07, 6.45) is 1.85. The molecular formula is C22H24F2N2O6. The van der Waals surface area contributed by atoms with E-state index in [1.807, 2.05) is 6.92 Å². The number of hydrogen-bond acceptors (Lipinski definition) is 6. The summed E-state index contributed by atoms with van der Waals surface area (Å²) in [5, 5.41) is 4.55. The predicted octanol–water partition coefficient (Wildman–Crippen LogP) is 3.06. The average molecular weight is 450 g/mol. The molecule has 2 amide bonds. The zero-order valence-electron chi connectivity index (χ0n) is 17.7. The number of benzene rings is 2. The summed E-state index contributed by atoms with van der Waals surface area (Å²) in [6.45, 7) is 1.48. The summed E-state index contributed by atoms with van der Waals surface area (Å²) in [5.41, 5.74) is 0.194. The van der Waals surface area contributed by atoms with Gasteiger partial charge in [-0.05, 0) is 36.8 Å². The monoisotopic (exact) mass is 450 g/mol. The summed E-state index contributed by atoms with van der Waals surface area (Å²) in [6, 6.07) is 7.35. The molecule has 2 aromatic carbocycles. The van der Waals surface area contributed by atoms with Crippen molar-refractivity contribution in [2.75, 3.05) is 32.2 Å². The van der Waals surface area contributed by atoms with Crippen molar-refractivity contribution in [3.63, 3.8) is 0 Å². The number of halogens is 2. The van der Waals surface area contributed by atoms with E-state index in [1.54, 1.807) is 6.07 Å². The summed E-state index contributed by atoms with van der Waals surface area (Å²) < 4.78 is 41.8. The number of esters is 1. The van der Waals surface area contributed by atoms with Crippen molar-refractivity contribution < 1.29 is 37.4 Å². The van der Waals surface area contributed by atoms with E-state index in [0.717, 1.165) is 25.0 Å². The molecule has 0 aliphatic carbocycles. The third kappa shape index (κ3) is 7.53. The van der Waals surface area contributed by atoms with E-state index >= 15 is 0 Å². The van der Waals surface area contributed by atoms with Gasteiger partial charge in [0, 0.05) is 11.8 Å². The van der Waals surface area contributed by atoms with E-state index in [0.29, 0.717) is 18.1 Å². The van der Waals surface area contributed by atoms with Crippen LogP contribution in [-0.4, -0.2) is 44.7 Å². The number of nitrogens with one attached hydrogen (secondary N) is 2. The molecule has 0 bridgehead atoms. The molecule has 2 N–H and O–H groups in total. The molecule has 172 valence electrons. The molecule has 0 aromatic heterocycles. The van der Waals surface area contributed by atoms with Gasteiger partial charge in [-0.1, -0.05) is 13.3 Å². The molecule has 0 saturated heterocycles. The van der Waals surface area contributed by atoms with Crippen molar-refractivity contribution in [3.8, 4) is 11.5 Å². The summed E-state index contributed by atoms with van der Waals surface area (Å²) >= 11 is 0. The number of carbonyl (C=O) groups is 3. The van der Waals surface area contributed by atoms with Crippen LogP contribution >= 0.6 is 0 Å². The lowest BCUT2D eigenvalue weighted by atomic mass is 10.2. The Morgan fingerprint density at radius 2 is 1.75 bits per heavy atom. The third-order valence-electron chi connectivity index (χ3n) is 4.14. The highest BCUT2D eigenvalue weighted by molar-refractivity contribution is 5.95. The van der Waals surface area contributed by atoms with Gasteiger partial charge >= 0.3 is 5.97 Å². The van der Waals surface area contributed by atoms with E-state index in [9.17, 15) is 23.2 Å². The fourth-order valence-corrected chi connectivity index (χ4v) is 2.46. The summed E-state index contributed by atoms with van der Waals surface area (Å²) in [5.74, 6) is -3.46. The Morgan fingerprint density at radius 3 is 2.44 bits per heavy atom. The van der Waals surface area contributed by atoms with Crippen LogP contribution in [0.3, 0.4) is 0 Å². The van der Waals surface area contributed by atoms with Crippen molar-refractivity contribution in [2.45, 2.75) is 19.8 Å². The lowest BCUT2D eigenvalue weighted by Crippen LogP contribution is -2.35. The molecule has 0 aliphatic heterocycles. The fourth-order valence-electron chi connectivity index (χ4n) is 2.46. The Labute approximate surface area is 183 Å².